The number of pyridine rings is 1. The highest BCUT2D eigenvalue weighted by atomic mass is 19.4. The Kier molecular flexibility index (Phi) is 4.70. The molecule has 4 rings (SSSR count). The normalized spacial score (nSPS) is 28.9. The van der Waals surface area contributed by atoms with E-state index < -0.39 is 17.5 Å². The zero-order chi connectivity index (χ0) is 19.1. The van der Waals surface area contributed by atoms with Crippen molar-refractivity contribution in [3.63, 3.8) is 0 Å². The van der Waals surface area contributed by atoms with Crippen molar-refractivity contribution in [1.29, 1.82) is 0 Å². The van der Waals surface area contributed by atoms with Gasteiger partial charge in [-0.2, -0.15) is 13.2 Å². The Morgan fingerprint density at radius 1 is 1.04 bits per heavy atom. The molecule has 1 aromatic carbocycles. The van der Waals surface area contributed by atoms with E-state index in [9.17, 15) is 18.3 Å². The SMILES string of the molecule is OC1(c2cccc(C(F)(F)F)n2)CC2COCC(C1)N2Cc1ccccc1. The van der Waals surface area contributed by atoms with Crippen LogP contribution in [0, 0.1) is 0 Å². The lowest BCUT2D eigenvalue weighted by Crippen LogP contribution is -2.60. The molecule has 144 valence electrons. The molecule has 2 aromatic rings. The summed E-state index contributed by atoms with van der Waals surface area (Å²) in [6, 6.07) is 13.6. The predicted octanol–water partition coefficient (Wildman–Crippen LogP) is 3.35. The van der Waals surface area contributed by atoms with Gasteiger partial charge in [-0.1, -0.05) is 36.4 Å². The van der Waals surface area contributed by atoms with Crippen LogP contribution in [0.15, 0.2) is 48.5 Å². The second kappa shape index (κ2) is 6.89. The van der Waals surface area contributed by atoms with Crippen molar-refractivity contribution in [2.24, 2.45) is 0 Å². The van der Waals surface area contributed by atoms with Gasteiger partial charge in [-0.25, -0.2) is 4.98 Å². The summed E-state index contributed by atoms with van der Waals surface area (Å²) in [5.74, 6) is 0. The van der Waals surface area contributed by atoms with Crippen LogP contribution in [0.5, 0.6) is 0 Å². The first-order chi connectivity index (χ1) is 12.9. The number of aliphatic hydroxyl groups is 1. The molecule has 2 atom stereocenters. The van der Waals surface area contributed by atoms with Gasteiger partial charge in [-0.05, 0) is 30.5 Å². The van der Waals surface area contributed by atoms with Crippen LogP contribution in [0.25, 0.3) is 0 Å². The molecule has 0 aliphatic carbocycles. The molecule has 0 amide bonds. The van der Waals surface area contributed by atoms with Gasteiger partial charge in [0.15, 0.2) is 0 Å². The molecular formula is C20H21F3N2O2. The molecule has 1 N–H and O–H groups in total. The van der Waals surface area contributed by atoms with Gasteiger partial charge in [0.2, 0.25) is 0 Å². The fourth-order valence-electron chi connectivity index (χ4n) is 4.16. The second-order valence-electron chi connectivity index (χ2n) is 7.35. The number of hydrogen-bond donors (Lipinski definition) is 1. The fourth-order valence-corrected chi connectivity index (χ4v) is 4.16. The fraction of sp³-hybridized carbons (Fsp3) is 0.450. The number of halogens is 3. The lowest BCUT2D eigenvalue weighted by molar-refractivity contribution is -0.153. The van der Waals surface area contributed by atoms with Crippen molar-refractivity contribution in [2.45, 2.75) is 43.2 Å². The zero-order valence-electron chi connectivity index (χ0n) is 14.7. The zero-order valence-corrected chi connectivity index (χ0v) is 14.7. The van der Waals surface area contributed by atoms with Crippen LogP contribution in [-0.4, -0.2) is 40.3 Å². The van der Waals surface area contributed by atoms with Gasteiger partial charge in [0.25, 0.3) is 0 Å². The molecule has 0 spiro atoms. The molecule has 0 radical (unpaired) electrons. The van der Waals surface area contributed by atoms with Crippen molar-refractivity contribution in [1.82, 2.24) is 9.88 Å². The number of alkyl halides is 3. The van der Waals surface area contributed by atoms with Crippen molar-refractivity contribution in [3.8, 4) is 0 Å². The Labute approximate surface area is 155 Å². The summed E-state index contributed by atoms with van der Waals surface area (Å²) in [6.07, 6.45) is -3.94. The average Bonchev–Trinajstić information content (AvgIpc) is 2.63. The third-order valence-electron chi connectivity index (χ3n) is 5.43. The molecule has 0 saturated carbocycles. The van der Waals surface area contributed by atoms with Gasteiger partial charge in [-0.15, -0.1) is 0 Å². The average molecular weight is 378 g/mol. The van der Waals surface area contributed by atoms with Gasteiger partial charge in [0.05, 0.1) is 18.9 Å². The summed E-state index contributed by atoms with van der Waals surface area (Å²) >= 11 is 0. The predicted molar refractivity (Wildman–Crippen MR) is 92.7 cm³/mol. The number of fused-ring (bicyclic) bond motifs is 2. The molecule has 3 heterocycles. The number of hydrogen-bond acceptors (Lipinski definition) is 4. The highest BCUT2D eigenvalue weighted by Gasteiger charge is 2.48. The van der Waals surface area contributed by atoms with E-state index >= 15 is 0 Å². The molecule has 2 saturated heterocycles. The van der Waals surface area contributed by atoms with Gasteiger partial charge in [0, 0.05) is 18.6 Å². The van der Waals surface area contributed by atoms with E-state index in [1.54, 1.807) is 0 Å². The maximum atomic E-state index is 13.0. The van der Waals surface area contributed by atoms with Gasteiger partial charge in [0.1, 0.15) is 11.3 Å². The Balaban J connectivity index is 1.59. The van der Waals surface area contributed by atoms with Crippen LogP contribution in [0.2, 0.25) is 0 Å². The van der Waals surface area contributed by atoms with E-state index in [-0.39, 0.29) is 17.8 Å². The molecular weight excluding hydrogens is 357 g/mol. The first-order valence-corrected chi connectivity index (χ1v) is 9.00. The Morgan fingerprint density at radius 3 is 2.33 bits per heavy atom. The molecule has 2 bridgehead atoms. The molecule has 27 heavy (non-hydrogen) atoms. The van der Waals surface area contributed by atoms with E-state index in [0.717, 1.165) is 18.2 Å². The molecule has 1 aromatic heterocycles. The maximum Gasteiger partial charge on any atom is 0.433 e. The number of rotatable bonds is 3. The van der Waals surface area contributed by atoms with Crippen LogP contribution in [-0.2, 0) is 23.1 Å². The first-order valence-electron chi connectivity index (χ1n) is 9.00. The minimum Gasteiger partial charge on any atom is -0.383 e. The van der Waals surface area contributed by atoms with Crippen molar-refractivity contribution >= 4 is 0 Å². The van der Waals surface area contributed by atoms with Crippen LogP contribution in [0.1, 0.15) is 29.8 Å². The molecule has 2 aliphatic heterocycles. The smallest absolute Gasteiger partial charge is 0.383 e. The summed E-state index contributed by atoms with van der Waals surface area (Å²) < 4.78 is 44.7. The van der Waals surface area contributed by atoms with Gasteiger partial charge >= 0.3 is 6.18 Å². The van der Waals surface area contributed by atoms with E-state index in [1.165, 1.54) is 12.1 Å². The Bertz CT molecular complexity index is 783. The Morgan fingerprint density at radius 2 is 1.70 bits per heavy atom. The highest BCUT2D eigenvalue weighted by molar-refractivity contribution is 5.22. The summed E-state index contributed by atoms with van der Waals surface area (Å²) in [7, 11) is 0. The van der Waals surface area contributed by atoms with Crippen molar-refractivity contribution < 1.29 is 23.0 Å². The lowest BCUT2D eigenvalue weighted by Gasteiger charge is -2.51. The van der Waals surface area contributed by atoms with Crippen LogP contribution in [0.4, 0.5) is 13.2 Å². The van der Waals surface area contributed by atoms with E-state index in [1.807, 2.05) is 30.3 Å². The van der Waals surface area contributed by atoms with Crippen LogP contribution in [0.3, 0.4) is 0 Å². The number of ether oxygens (including phenoxy) is 1. The third-order valence-corrected chi connectivity index (χ3v) is 5.43. The monoisotopic (exact) mass is 378 g/mol. The van der Waals surface area contributed by atoms with Crippen LogP contribution < -0.4 is 0 Å². The second-order valence-corrected chi connectivity index (χ2v) is 7.35. The Hall–Kier alpha value is -1.96. The van der Waals surface area contributed by atoms with E-state index in [4.69, 9.17) is 4.74 Å². The number of piperidine rings is 1. The molecule has 2 fully saturated rings. The number of nitrogens with zero attached hydrogens (tertiary/aromatic N) is 2. The summed E-state index contributed by atoms with van der Waals surface area (Å²) in [5, 5.41) is 11.2. The topological polar surface area (TPSA) is 45.6 Å². The summed E-state index contributed by atoms with van der Waals surface area (Å²) in [6.45, 7) is 1.63. The maximum absolute atomic E-state index is 13.0. The first kappa shape index (κ1) is 18.4. The molecule has 7 heteroatoms. The standard InChI is InChI=1S/C20H21F3N2O2/c21-20(22,23)18-8-4-7-17(24-18)19(26)9-15-12-27-13-16(10-19)25(15)11-14-5-2-1-3-6-14/h1-8,15-16,26H,9-13H2. The number of morpholine rings is 1. The van der Waals surface area contributed by atoms with Crippen molar-refractivity contribution in [2.75, 3.05) is 13.2 Å². The third kappa shape index (κ3) is 3.72. The van der Waals surface area contributed by atoms with Crippen molar-refractivity contribution in [3.05, 3.63) is 65.5 Å². The quantitative estimate of drug-likeness (QED) is 0.890. The largest absolute Gasteiger partial charge is 0.433 e. The summed E-state index contributed by atoms with van der Waals surface area (Å²) in [5.41, 5.74) is -1.10. The number of benzene rings is 1. The summed E-state index contributed by atoms with van der Waals surface area (Å²) in [4.78, 5) is 6.03. The minimum absolute atomic E-state index is 0.0703. The molecule has 2 aliphatic rings. The number of aromatic nitrogens is 1. The van der Waals surface area contributed by atoms with Gasteiger partial charge < -0.3 is 9.84 Å². The molecule has 2 unspecified atom stereocenters. The minimum atomic E-state index is -4.53. The van der Waals surface area contributed by atoms with Crippen LogP contribution >= 0.6 is 0 Å². The van der Waals surface area contributed by atoms with E-state index in [0.29, 0.717) is 26.1 Å². The lowest BCUT2D eigenvalue weighted by atomic mass is 9.78. The van der Waals surface area contributed by atoms with Gasteiger partial charge in [-0.3, -0.25) is 4.90 Å². The van der Waals surface area contributed by atoms with E-state index in [2.05, 4.69) is 9.88 Å². The highest BCUT2D eigenvalue weighted by Crippen LogP contribution is 2.41. The molecule has 4 nitrogen and oxygen atoms in total.